The number of hydrogen-bond acceptors (Lipinski definition) is 6. The highest BCUT2D eigenvalue weighted by Gasteiger charge is 2.44. The van der Waals surface area contributed by atoms with Gasteiger partial charge in [0.15, 0.2) is 0 Å². The molecule has 0 aromatic heterocycles. The minimum Gasteiger partial charge on any atom is -0.480 e. The van der Waals surface area contributed by atoms with Crippen molar-refractivity contribution in [2.45, 2.75) is 76.7 Å². The Balaban J connectivity index is 1.63. The van der Waals surface area contributed by atoms with Gasteiger partial charge in [0.1, 0.15) is 18.2 Å². The van der Waals surface area contributed by atoms with E-state index < -0.39 is 42.3 Å². The highest BCUT2D eigenvalue weighted by molar-refractivity contribution is 5.90. The molecule has 0 bridgehead atoms. The molecule has 0 aliphatic carbocycles. The van der Waals surface area contributed by atoms with E-state index in [0.29, 0.717) is 38.8 Å². The Kier molecular flexibility index (Phi) is 10.3. The number of carbonyl (C=O) groups excluding carboxylic acids is 3. The molecule has 10 heteroatoms. The molecule has 0 unspecified atom stereocenters. The molecule has 3 amide bonds. The zero-order valence-corrected chi connectivity index (χ0v) is 21.9. The molecule has 2 aliphatic heterocycles. The van der Waals surface area contributed by atoms with Crippen LogP contribution in [0.3, 0.4) is 0 Å². The lowest BCUT2D eigenvalue weighted by Gasteiger charge is -2.27. The second-order valence-electron chi connectivity index (χ2n) is 9.54. The third kappa shape index (κ3) is 7.14. The molecular formula is C28H37N3O7. The molecule has 1 fully saturated rings. The highest BCUT2D eigenvalue weighted by Crippen LogP contribution is 2.29. The maximum atomic E-state index is 13.4. The van der Waals surface area contributed by atoms with E-state index in [1.54, 1.807) is 17.1 Å². The number of likely N-dealkylation sites (tertiary alicyclic amines) is 1. The predicted molar refractivity (Wildman–Crippen MR) is 141 cm³/mol. The van der Waals surface area contributed by atoms with Gasteiger partial charge in [-0.2, -0.15) is 0 Å². The second-order valence-corrected chi connectivity index (χ2v) is 9.54. The number of hydrogen-bond donors (Lipinski definition) is 2. The number of alkyl carbamates (subject to hydrolysis) is 1. The third-order valence-electron chi connectivity index (χ3n) is 6.82. The number of fused-ring (bicyclic) bond motifs is 1. The first-order valence-corrected chi connectivity index (χ1v) is 13.0. The predicted octanol–water partition coefficient (Wildman–Crippen LogP) is 4.09. The lowest BCUT2D eigenvalue weighted by molar-refractivity contribution is -0.149. The van der Waals surface area contributed by atoms with E-state index in [4.69, 9.17) is 9.47 Å². The fraction of sp³-hybridized carbons (Fsp3) is 0.500. The normalized spacial score (nSPS) is 18.9. The number of ether oxygens (including phenoxy) is 2. The minimum absolute atomic E-state index is 0.0298. The van der Waals surface area contributed by atoms with Crippen LogP contribution < -0.4 is 5.32 Å². The third-order valence-corrected chi connectivity index (χ3v) is 6.82. The van der Waals surface area contributed by atoms with E-state index in [0.717, 1.165) is 23.1 Å². The van der Waals surface area contributed by atoms with Crippen LogP contribution in [0.2, 0.25) is 0 Å². The first-order valence-electron chi connectivity index (χ1n) is 13.0. The van der Waals surface area contributed by atoms with Crippen LogP contribution in [0.15, 0.2) is 37.4 Å². The van der Waals surface area contributed by atoms with Crippen LogP contribution in [0, 0.1) is 0 Å². The molecule has 0 spiro atoms. The number of nitrogens with zero attached hydrogens (tertiary/aromatic N) is 2. The van der Waals surface area contributed by atoms with Crippen molar-refractivity contribution < 1.29 is 33.8 Å². The molecule has 1 saturated heterocycles. The van der Waals surface area contributed by atoms with Crippen molar-refractivity contribution in [3.63, 3.8) is 0 Å². The molecule has 38 heavy (non-hydrogen) atoms. The fourth-order valence-electron chi connectivity index (χ4n) is 4.79. The smallest absolute Gasteiger partial charge is 0.410 e. The number of carbonyl (C=O) groups is 4. The molecule has 3 rings (SSSR count). The zero-order valence-electron chi connectivity index (χ0n) is 21.9. The molecular weight excluding hydrogens is 490 g/mol. The molecule has 1 aromatic rings. The molecule has 206 valence electrons. The Morgan fingerprint density at radius 2 is 2.00 bits per heavy atom. The minimum atomic E-state index is -1.19. The summed E-state index contributed by atoms with van der Waals surface area (Å²) in [5.41, 5.74) is 2.96. The monoisotopic (exact) mass is 527 g/mol. The van der Waals surface area contributed by atoms with Crippen LogP contribution in [-0.4, -0.2) is 70.3 Å². The molecule has 3 atom stereocenters. The van der Waals surface area contributed by atoms with Gasteiger partial charge < -0.3 is 24.8 Å². The number of aliphatic carboxylic acids is 1. The number of allylic oxidation sites excluding steroid dienone is 1. The van der Waals surface area contributed by atoms with E-state index in [1.165, 1.54) is 4.90 Å². The first kappa shape index (κ1) is 28.7. The van der Waals surface area contributed by atoms with Gasteiger partial charge in [-0.25, -0.2) is 14.4 Å². The van der Waals surface area contributed by atoms with Crippen LogP contribution in [0.4, 0.5) is 9.59 Å². The standard InChI is InChI=1S/C28H37N3O7/c1-4-7-9-14-37-27(35)29-23(13-8-5-2)25(32)31-17-21(15-24(31)26(33)34)38-28(36)30-16-20-12-10-11-19(6-3)22(20)18-30/h4,6,10-12,21,23-24H,1,3,5,7-9,13-18H2,2H3,(H,29,35)(H,33,34)/t21-,23+,24+/m1/s1. The molecule has 2 aliphatic rings. The molecule has 2 heterocycles. The van der Waals surface area contributed by atoms with Gasteiger partial charge in [-0.1, -0.05) is 56.7 Å². The van der Waals surface area contributed by atoms with Crippen molar-refractivity contribution in [3.05, 3.63) is 54.1 Å². The summed E-state index contributed by atoms with van der Waals surface area (Å²) in [5, 5.41) is 12.4. The van der Waals surface area contributed by atoms with Gasteiger partial charge in [0.25, 0.3) is 0 Å². The van der Waals surface area contributed by atoms with Gasteiger partial charge in [-0.05, 0) is 36.0 Å². The molecule has 0 saturated carbocycles. The summed E-state index contributed by atoms with van der Waals surface area (Å²) in [4.78, 5) is 53.4. The Hall–Kier alpha value is -3.82. The maximum absolute atomic E-state index is 13.4. The van der Waals surface area contributed by atoms with E-state index in [-0.39, 0.29) is 19.6 Å². The Labute approximate surface area is 223 Å². The number of rotatable bonds is 12. The van der Waals surface area contributed by atoms with Gasteiger partial charge >= 0.3 is 18.2 Å². The van der Waals surface area contributed by atoms with Gasteiger partial charge in [0.2, 0.25) is 5.91 Å². The summed E-state index contributed by atoms with van der Waals surface area (Å²) < 4.78 is 10.8. The van der Waals surface area contributed by atoms with Crippen LogP contribution in [0.1, 0.15) is 62.1 Å². The quantitative estimate of drug-likeness (QED) is 0.310. The Morgan fingerprint density at radius 1 is 1.21 bits per heavy atom. The largest absolute Gasteiger partial charge is 0.480 e. The molecule has 0 radical (unpaired) electrons. The number of amides is 3. The second kappa shape index (κ2) is 13.6. The number of unbranched alkanes of at least 4 members (excludes halogenated alkanes) is 2. The molecule has 10 nitrogen and oxygen atoms in total. The van der Waals surface area contributed by atoms with Crippen LogP contribution in [-0.2, 0) is 32.2 Å². The summed E-state index contributed by atoms with van der Waals surface area (Å²) in [7, 11) is 0. The SMILES string of the molecule is C=CCCCOC(=O)N[C@@H](CCCC)C(=O)N1C[C@H](OC(=O)N2Cc3cccc(C=C)c3C2)C[C@H]1C(=O)O. The highest BCUT2D eigenvalue weighted by atomic mass is 16.6. The first-order chi connectivity index (χ1) is 18.3. The van der Waals surface area contributed by atoms with Crippen LogP contribution >= 0.6 is 0 Å². The summed E-state index contributed by atoms with van der Waals surface area (Å²) in [6.07, 6.45) is 4.43. The number of nitrogens with one attached hydrogen (secondary N) is 1. The summed E-state index contributed by atoms with van der Waals surface area (Å²) in [5.74, 6) is -1.72. The number of benzene rings is 1. The average Bonchev–Trinajstić information content (AvgIpc) is 3.53. The molecule has 1 aromatic carbocycles. The van der Waals surface area contributed by atoms with Gasteiger partial charge in [0, 0.05) is 13.0 Å². The van der Waals surface area contributed by atoms with Crippen LogP contribution in [0.5, 0.6) is 0 Å². The van der Waals surface area contributed by atoms with E-state index in [9.17, 15) is 24.3 Å². The Morgan fingerprint density at radius 3 is 2.68 bits per heavy atom. The zero-order chi connectivity index (χ0) is 27.7. The van der Waals surface area contributed by atoms with Crippen molar-refractivity contribution in [3.8, 4) is 0 Å². The summed E-state index contributed by atoms with van der Waals surface area (Å²) >= 11 is 0. The van der Waals surface area contributed by atoms with Gasteiger partial charge in [0.05, 0.1) is 19.7 Å². The maximum Gasteiger partial charge on any atom is 0.410 e. The number of carboxylic acids is 1. The lowest BCUT2D eigenvalue weighted by Crippen LogP contribution is -2.52. The van der Waals surface area contributed by atoms with Gasteiger partial charge in [-0.3, -0.25) is 9.69 Å². The molecule has 2 N–H and O–H groups in total. The van der Waals surface area contributed by atoms with Crippen LogP contribution in [0.25, 0.3) is 6.08 Å². The summed E-state index contributed by atoms with van der Waals surface area (Å²) in [6, 6.07) is 3.67. The number of carboxylic acid groups (broad SMARTS) is 1. The fourth-order valence-corrected chi connectivity index (χ4v) is 4.79. The van der Waals surface area contributed by atoms with Crippen molar-refractivity contribution >= 4 is 30.1 Å². The van der Waals surface area contributed by atoms with Crippen molar-refractivity contribution in [1.82, 2.24) is 15.1 Å². The van der Waals surface area contributed by atoms with Gasteiger partial charge in [-0.15, -0.1) is 6.58 Å². The van der Waals surface area contributed by atoms with E-state index in [1.807, 2.05) is 25.1 Å². The Bertz CT molecular complexity index is 1060. The van der Waals surface area contributed by atoms with E-state index in [2.05, 4.69) is 18.5 Å². The lowest BCUT2D eigenvalue weighted by atomic mass is 10.0. The van der Waals surface area contributed by atoms with E-state index >= 15 is 0 Å². The van der Waals surface area contributed by atoms with Crippen molar-refractivity contribution in [2.75, 3.05) is 13.2 Å². The van der Waals surface area contributed by atoms with Crippen molar-refractivity contribution in [2.24, 2.45) is 0 Å². The summed E-state index contributed by atoms with van der Waals surface area (Å²) in [6.45, 7) is 10.2. The topological polar surface area (TPSA) is 125 Å². The average molecular weight is 528 g/mol. The van der Waals surface area contributed by atoms with Crippen molar-refractivity contribution in [1.29, 1.82) is 0 Å².